The van der Waals surface area contributed by atoms with Gasteiger partial charge in [-0.05, 0) is 61.4 Å². The smallest absolute Gasteiger partial charge is 0.280 e. The summed E-state index contributed by atoms with van der Waals surface area (Å²) in [5.41, 5.74) is 3.81. The average molecular weight is 420 g/mol. The van der Waals surface area contributed by atoms with Crippen molar-refractivity contribution in [2.45, 2.75) is 13.8 Å². The molecule has 2 N–H and O–H groups in total. The fourth-order valence-corrected chi connectivity index (χ4v) is 3.67. The molecule has 0 radical (unpaired) electrons. The van der Waals surface area contributed by atoms with Crippen LogP contribution in [0, 0.1) is 13.8 Å². The topological polar surface area (TPSA) is 84.8 Å². The molecule has 0 spiro atoms. The van der Waals surface area contributed by atoms with Crippen LogP contribution < -0.4 is 26.2 Å². The van der Waals surface area contributed by atoms with E-state index in [4.69, 9.17) is 4.74 Å². The Morgan fingerprint density at radius 1 is 1.13 bits per heavy atom. The van der Waals surface area contributed by atoms with Gasteiger partial charge >= 0.3 is 0 Å². The molecular formula is C22H21N5O2S. The van der Waals surface area contributed by atoms with Crippen molar-refractivity contribution >= 4 is 29.2 Å². The number of aryl methyl sites for hydroxylation is 2. The van der Waals surface area contributed by atoms with E-state index >= 15 is 0 Å². The summed E-state index contributed by atoms with van der Waals surface area (Å²) in [7, 11) is 1.63. The Kier molecular flexibility index (Phi) is 5.24. The van der Waals surface area contributed by atoms with Gasteiger partial charge in [0.2, 0.25) is 5.13 Å². The Morgan fingerprint density at radius 2 is 1.90 bits per heavy atom. The maximum absolute atomic E-state index is 12.9. The summed E-state index contributed by atoms with van der Waals surface area (Å²) >= 11 is 1.39. The van der Waals surface area contributed by atoms with Gasteiger partial charge in [-0.2, -0.15) is 0 Å². The molecule has 8 heteroatoms. The molecule has 0 aliphatic heterocycles. The van der Waals surface area contributed by atoms with Gasteiger partial charge in [-0.15, -0.1) is 10.2 Å². The fraction of sp³-hybridized carbons (Fsp3) is 0.136. The number of nitrogens with one attached hydrogen (secondary N) is 2. The molecule has 0 aliphatic rings. The summed E-state index contributed by atoms with van der Waals surface area (Å²) in [6.45, 7) is 8.01. The molecule has 4 aromatic rings. The Hall–Kier alpha value is -3.65. The average Bonchev–Trinajstić information content (AvgIpc) is 3.33. The molecule has 0 amide bonds. The predicted molar refractivity (Wildman–Crippen MR) is 121 cm³/mol. The number of ether oxygens (including phenoxy) is 1. The maximum Gasteiger partial charge on any atom is 0.280 e. The van der Waals surface area contributed by atoms with Crippen LogP contribution in [0.15, 0.2) is 47.3 Å². The zero-order valence-electron chi connectivity index (χ0n) is 16.9. The van der Waals surface area contributed by atoms with E-state index in [1.807, 2.05) is 56.3 Å². The second kappa shape index (κ2) is 8.00. The lowest BCUT2D eigenvalue weighted by molar-refractivity contribution is 0.415. The molecule has 7 nitrogen and oxygen atoms in total. The van der Waals surface area contributed by atoms with Crippen molar-refractivity contribution in [3.8, 4) is 22.0 Å². The van der Waals surface area contributed by atoms with E-state index in [0.717, 1.165) is 27.6 Å². The first-order chi connectivity index (χ1) is 14.5. The largest absolute Gasteiger partial charge is 0.497 e. The van der Waals surface area contributed by atoms with Crippen molar-refractivity contribution in [3.63, 3.8) is 0 Å². The van der Waals surface area contributed by atoms with Crippen LogP contribution in [0.1, 0.15) is 11.1 Å². The van der Waals surface area contributed by atoms with Gasteiger partial charge in [0, 0.05) is 11.8 Å². The highest BCUT2D eigenvalue weighted by atomic mass is 32.1. The van der Waals surface area contributed by atoms with Crippen molar-refractivity contribution in [1.82, 2.24) is 20.0 Å². The van der Waals surface area contributed by atoms with Crippen LogP contribution in [0.4, 0.5) is 5.13 Å². The third-order valence-corrected chi connectivity index (χ3v) is 5.76. The van der Waals surface area contributed by atoms with Crippen molar-refractivity contribution in [3.05, 3.63) is 74.5 Å². The first-order valence-electron chi connectivity index (χ1n) is 9.28. The molecule has 0 bridgehead atoms. The Balaban J connectivity index is 1.61. The monoisotopic (exact) mass is 419 g/mol. The number of rotatable bonds is 5. The zero-order chi connectivity index (χ0) is 21.3. The molecule has 4 rings (SSSR count). The summed E-state index contributed by atoms with van der Waals surface area (Å²) < 4.78 is 6.67. The molecule has 2 heterocycles. The molecule has 0 fully saturated rings. The number of nitrogens with zero attached hydrogens (tertiary/aromatic N) is 3. The minimum Gasteiger partial charge on any atom is -0.497 e. The summed E-state index contributed by atoms with van der Waals surface area (Å²) in [5, 5.41) is 16.8. The van der Waals surface area contributed by atoms with Crippen LogP contribution in [0.2, 0.25) is 0 Å². The summed E-state index contributed by atoms with van der Waals surface area (Å²) in [5.74, 6) is 0.783. The van der Waals surface area contributed by atoms with Crippen molar-refractivity contribution in [1.29, 1.82) is 0 Å². The Bertz CT molecular complexity index is 1370. The van der Waals surface area contributed by atoms with E-state index in [1.165, 1.54) is 21.6 Å². The van der Waals surface area contributed by atoms with E-state index in [2.05, 4.69) is 27.2 Å². The highest BCUT2D eigenvalue weighted by Gasteiger charge is 2.08. The van der Waals surface area contributed by atoms with Crippen molar-refractivity contribution < 1.29 is 4.74 Å². The summed E-state index contributed by atoms with van der Waals surface area (Å²) in [4.78, 5) is 12.9. The normalized spacial score (nSPS) is 11.6. The van der Waals surface area contributed by atoms with Crippen LogP contribution in [-0.2, 0) is 0 Å². The molecule has 30 heavy (non-hydrogen) atoms. The number of anilines is 1. The number of hydrogen-bond acceptors (Lipinski definition) is 6. The predicted octanol–water partition coefficient (Wildman–Crippen LogP) is 2.57. The van der Waals surface area contributed by atoms with Gasteiger partial charge < -0.3 is 10.1 Å². The SMILES string of the molecule is C=c1[nH]n(-c2ccc(C)c(C)c2)c(=O)/c1=C/Nc1nnc(-c2ccc(OC)cc2)s1. The van der Waals surface area contributed by atoms with Gasteiger partial charge in [0.05, 0.1) is 23.4 Å². The Labute approximate surface area is 177 Å². The van der Waals surface area contributed by atoms with Crippen LogP contribution in [0.25, 0.3) is 29.0 Å². The zero-order valence-corrected chi connectivity index (χ0v) is 17.7. The first kappa shape index (κ1) is 19.7. The standard InChI is InChI=1S/C22H21N5O2S/c1-13-5-8-17(11-14(13)2)27-21(28)19(15(3)26-27)12-23-22-25-24-20(30-22)16-6-9-18(29-4)10-7-16/h5-12,26H,3H2,1-2,4H3,(H,23,25)/b19-12+. The van der Waals surface area contributed by atoms with E-state index in [-0.39, 0.29) is 5.56 Å². The van der Waals surface area contributed by atoms with Gasteiger partial charge in [0.1, 0.15) is 10.8 Å². The molecule has 152 valence electrons. The molecule has 0 aliphatic carbocycles. The van der Waals surface area contributed by atoms with E-state index in [1.54, 1.807) is 13.3 Å². The molecular weight excluding hydrogens is 398 g/mol. The second-order valence-corrected chi connectivity index (χ2v) is 7.82. The number of hydrogen-bond donors (Lipinski definition) is 2. The maximum atomic E-state index is 12.9. The number of aromatic amines is 1. The summed E-state index contributed by atoms with van der Waals surface area (Å²) in [6.07, 6.45) is 1.61. The summed E-state index contributed by atoms with van der Waals surface area (Å²) in [6, 6.07) is 13.5. The van der Waals surface area contributed by atoms with Gasteiger partial charge in [0.15, 0.2) is 0 Å². The molecule has 2 aromatic heterocycles. The number of H-pyrrole nitrogens is 1. The minimum absolute atomic E-state index is 0.185. The first-order valence-corrected chi connectivity index (χ1v) is 10.1. The van der Waals surface area contributed by atoms with Crippen molar-refractivity contribution in [2.24, 2.45) is 0 Å². The molecule has 0 saturated heterocycles. The third kappa shape index (κ3) is 3.77. The van der Waals surface area contributed by atoms with Gasteiger partial charge in [-0.3, -0.25) is 9.89 Å². The van der Waals surface area contributed by atoms with Crippen LogP contribution in [0.3, 0.4) is 0 Å². The molecule has 0 unspecified atom stereocenters. The van der Waals surface area contributed by atoms with Gasteiger partial charge in [-0.25, -0.2) is 4.68 Å². The van der Waals surface area contributed by atoms with E-state index in [9.17, 15) is 4.79 Å². The lowest BCUT2D eigenvalue weighted by atomic mass is 10.1. The molecule has 0 atom stereocenters. The van der Waals surface area contributed by atoms with Crippen LogP contribution in [-0.4, -0.2) is 27.1 Å². The number of methoxy groups -OCH3 is 1. The van der Waals surface area contributed by atoms with E-state index in [0.29, 0.717) is 15.7 Å². The highest BCUT2D eigenvalue weighted by Crippen LogP contribution is 2.27. The van der Waals surface area contributed by atoms with Crippen LogP contribution >= 0.6 is 11.3 Å². The molecule has 2 aromatic carbocycles. The fourth-order valence-electron chi connectivity index (χ4n) is 2.96. The van der Waals surface area contributed by atoms with Crippen molar-refractivity contribution in [2.75, 3.05) is 12.4 Å². The number of benzene rings is 2. The molecule has 0 saturated carbocycles. The highest BCUT2D eigenvalue weighted by molar-refractivity contribution is 7.18. The Morgan fingerprint density at radius 3 is 2.60 bits per heavy atom. The van der Waals surface area contributed by atoms with Gasteiger partial charge in [-0.1, -0.05) is 24.0 Å². The minimum atomic E-state index is -0.185. The van der Waals surface area contributed by atoms with Gasteiger partial charge in [0.25, 0.3) is 5.56 Å². The number of aromatic nitrogens is 4. The van der Waals surface area contributed by atoms with Crippen LogP contribution in [0.5, 0.6) is 5.75 Å². The second-order valence-electron chi connectivity index (χ2n) is 6.84. The van der Waals surface area contributed by atoms with E-state index < -0.39 is 0 Å². The third-order valence-electron chi connectivity index (χ3n) is 4.86. The lowest BCUT2D eigenvalue weighted by Crippen LogP contribution is -2.34. The lowest BCUT2D eigenvalue weighted by Gasteiger charge is -2.04. The quantitative estimate of drug-likeness (QED) is 0.519.